The lowest BCUT2D eigenvalue weighted by Gasteiger charge is -2.30. The van der Waals surface area contributed by atoms with Gasteiger partial charge in [0.2, 0.25) is 10.0 Å². The second-order valence-corrected chi connectivity index (χ2v) is 13.0. The second-order valence-electron chi connectivity index (χ2n) is 10.0. The van der Waals surface area contributed by atoms with Gasteiger partial charge in [0.25, 0.3) is 5.91 Å². The number of likely N-dealkylation sites (N-methyl/N-ethyl adjacent to an activating group) is 1. The second kappa shape index (κ2) is 11.0. The molecule has 0 aliphatic heterocycles. The number of hydrogen-bond donors (Lipinski definition) is 0. The van der Waals surface area contributed by atoms with Crippen LogP contribution in [0, 0.1) is 13.8 Å². The summed E-state index contributed by atoms with van der Waals surface area (Å²) >= 11 is 1.51. The number of carbonyl (C=O) groups excluding carboxylic acids is 1. The molecule has 0 saturated heterocycles. The molecule has 36 heavy (non-hydrogen) atoms. The molecule has 0 N–H and O–H groups in total. The summed E-state index contributed by atoms with van der Waals surface area (Å²) in [7, 11) is 2.00. The first-order chi connectivity index (χ1) is 17.1. The molecular formula is C27H36N4O3S2. The summed E-state index contributed by atoms with van der Waals surface area (Å²) in [5, 5.41) is 0.652. The van der Waals surface area contributed by atoms with E-state index < -0.39 is 10.0 Å². The lowest BCUT2D eigenvalue weighted by Crippen LogP contribution is -2.38. The van der Waals surface area contributed by atoms with E-state index in [0.29, 0.717) is 23.8 Å². The molecule has 7 nitrogen and oxygen atoms in total. The number of sulfonamides is 1. The van der Waals surface area contributed by atoms with Crippen LogP contribution in [0.15, 0.2) is 41.3 Å². The van der Waals surface area contributed by atoms with Crippen molar-refractivity contribution in [3.63, 3.8) is 0 Å². The van der Waals surface area contributed by atoms with Crippen molar-refractivity contribution in [1.82, 2.24) is 14.2 Å². The van der Waals surface area contributed by atoms with Crippen LogP contribution >= 0.6 is 11.3 Å². The molecule has 3 aromatic rings. The van der Waals surface area contributed by atoms with Crippen molar-refractivity contribution >= 4 is 42.6 Å². The number of anilines is 1. The zero-order valence-corrected chi connectivity index (χ0v) is 23.5. The molecule has 0 spiro atoms. The molecule has 1 fully saturated rings. The van der Waals surface area contributed by atoms with E-state index in [1.54, 1.807) is 36.2 Å². The van der Waals surface area contributed by atoms with Crippen LogP contribution in [-0.4, -0.2) is 68.8 Å². The highest BCUT2D eigenvalue weighted by atomic mass is 32.2. The summed E-state index contributed by atoms with van der Waals surface area (Å²) in [6.45, 7) is 5.25. The molecule has 1 saturated carbocycles. The third-order valence-corrected chi connectivity index (χ3v) is 9.88. The number of carbonyl (C=O) groups is 1. The standard InChI is InChI=1S/C27H36N4O3S2/c1-19-17-20(2)25-24(18-19)35-27(28-25)31(16-15-29(3)4)26(32)21-11-13-23(14-12-21)36(33,34)30(5)22-9-7-6-8-10-22/h11-14,17-18,22H,6-10,15-16H2,1-5H3. The number of thiazole rings is 1. The number of aromatic nitrogens is 1. The minimum atomic E-state index is -3.61. The van der Waals surface area contributed by atoms with Crippen molar-refractivity contribution in [1.29, 1.82) is 0 Å². The van der Waals surface area contributed by atoms with E-state index in [1.807, 2.05) is 25.9 Å². The summed E-state index contributed by atoms with van der Waals surface area (Å²) in [6, 6.07) is 10.6. The number of aryl methyl sites for hydroxylation is 2. The van der Waals surface area contributed by atoms with Crippen molar-refractivity contribution in [2.75, 3.05) is 39.1 Å². The van der Waals surface area contributed by atoms with Crippen molar-refractivity contribution < 1.29 is 13.2 Å². The van der Waals surface area contributed by atoms with Gasteiger partial charge in [-0.2, -0.15) is 4.31 Å². The molecule has 1 aromatic heterocycles. The molecule has 0 radical (unpaired) electrons. The smallest absolute Gasteiger partial charge is 0.260 e. The molecule has 1 heterocycles. The zero-order chi connectivity index (χ0) is 26.0. The highest BCUT2D eigenvalue weighted by Crippen LogP contribution is 2.33. The normalized spacial score (nSPS) is 15.2. The van der Waals surface area contributed by atoms with E-state index in [2.05, 4.69) is 19.1 Å². The molecular weight excluding hydrogens is 492 g/mol. The summed E-state index contributed by atoms with van der Waals surface area (Å²) < 4.78 is 29.0. The van der Waals surface area contributed by atoms with Gasteiger partial charge in [-0.25, -0.2) is 13.4 Å². The Balaban J connectivity index is 1.61. The number of nitrogens with zero attached hydrogens (tertiary/aromatic N) is 4. The predicted octanol–water partition coefficient (Wildman–Crippen LogP) is 5.07. The van der Waals surface area contributed by atoms with E-state index >= 15 is 0 Å². The first kappa shape index (κ1) is 26.7. The lowest BCUT2D eigenvalue weighted by molar-refractivity contribution is 0.0985. The first-order valence-corrected chi connectivity index (χ1v) is 14.8. The number of hydrogen-bond acceptors (Lipinski definition) is 6. The van der Waals surface area contributed by atoms with Crippen LogP contribution in [0.4, 0.5) is 5.13 Å². The van der Waals surface area contributed by atoms with Gasteiger partial charge in [0.15, 0.2) is 5.13 Å². The zero-order valence-electron chi connectivity index (χ0n) is 21.8. The molecule has 9 heteroatoms. The van der Waals surface area contributed by atoms with Gasteiger partial charge >= 0.3 is 0 Å². The van der Waals surface area contributed by atoms with Crippen LogP contribution in [0.25, 0.3) is 10.2 Å². The fourth-order valence-corrected chi connectivity index (χ4v) is 7.37. The summed E-state index contributed by atoms with van der Waals surface area (Å²) in [5.74, 6) is -0.185. The number of benzene rings is 2. The largest absolute Gasteiger partial charge is 0.308 e. The van der Waals surface area contributed by atoms with Crippen molar-refractivity contribution in [2.45, 2.75) is 56.9 Å². The van der Waals surface area contributed by atoms with Gasteiger partial charge in [-0.05, 0) is 82.2 Å². The van der Waals surface area contributed by atoms with Crippen LogP contribution in [0.5, 0.6) is 0 Å². The van der Waals surface area contributed by atoms with Crippen LogP contribution < -0.4 is 4.90 Å². The third-order valence-electron chi connectivity index (χ3n) is 6.93. The summed E-state index contributed by atoms with van der Waals surface area (Å²) in [6.07, 6.45) is 5.08. The molecule has 194 valence electrons. The Morgan fingerprint density at radius 2 is 1.67 bits per heavy atom. The SMILES string of the molecule is Cc1cc(C)c2nc(N(CCN(C)C)C(=O)c3ccc(S(=O)(=O)N(C)C4CCCCC4)cc3)sc2c1. The molecule has 1 aliphatic carbocycles. The van der Waals surface area contributed by atoms with Crippen molar-refractivity contribution in [2.24, 2.45) is 0 Å². The van der Waals surface area contributed by atoms with E-state index in [9.17, 15) is 13.2 Å². The summed E-state index contributed by atoms with van der Waals surface area (Å²) in [4.78, 5) is 22.4. The Kier molecular flexibility index (Phi) is 8.14. The molecule has 4 rings (SSSR count). The van der Waals surface area contributed by atoms with Gasteiger partial charge in [-0.1, -0.05) is 36.7 Å². The van der Waals surface area contributed by atoms with Crippen LogP contribution in [0.3, 0.4) is 0 Å². The maximum atomic E-state index is 13.6. The van der Waals surface area contributed by atoms with Crippen LogP contribution in [-0.2, 0) is 10.0 Å². The predicted molar refractivity (Wildman–Crippen MR) is 148 cm³/mol. The maximum Gasteiger partial charge on any atom is 0.260 e. The minimum Gasteiger partial charge on any atom is -0.308 e. The highest BCUT2D eigenvalue weighted by Gasteiger charge is 2.29. The van der Waals surface area contributed by atoms with Crippen molar-refractivity contribution in [3.05, 3.63) is 53.1 Å². The Labute approximate surface area is 218 Å². The number of fused-ring (bicyclic) bond motifs is 1. The molecule has 2 aromatic carbocycles. The fraction of sp³-hybridized carbons (Fsp3) is 0.481. The minimum absolute atomic E-state index is 0.0395. The number of rotatable bonds is 8. The Bertz CT molecular complexity index is 1330. The Morgan fingerprint density at radius 1 is 1.00 bits per heavy atom. The third kappa shape index (κ3) is 5.64. The monoisotopic (exact) mass is 528 g/mol. The van der Waals surface area contributed by atoms with Gasteiger partial charge in [-0.3, -0.25) is 9.69 Å². The Morgan fingerprint density at radius 3 is 2.31 bits per heavy atom. The first-order valence-electron chi connectivity index (χ1n) is 12.5. The molecule has 0 bridgehead atoms. The average molecular weight is 529 g/mol. The Hall–Kier alpha value is -2.33. The van der Waals surface area contributed by atoms with Crippen LogP contribution in [0.2, 0.25) is 0 Å². The molecule has 1 aliphatic rings. The lowest BCUT2D eigenvalue weighted by atomic mass is 9.96. The number of amides is 1. The van der Waals surface area contributed by atoms with Crippen molar-refractivity contribution in [3.8, 4) is 0 Å². The van der Waals surface area contributed by atoms with Gasteiger partial charge in [0.05, 0.1) is 15.1 Å². The van der Waals surface area contributed by atoms with E-state index in [1.165, 1.54) is 22.1 Å². The van der Waals surface area contributed by atoms with Crippen LogP contribution in [0.1, 0.15) is 53.6 Å². The average Bonchev–Trinajstić information content (AvgIpc) is 3.28. The van der Waals surface area contributed by atoms with E-state index in [4.69, 9.17) is 4.98 Å². The molecule has 0 unspecified atom stereocenters. The quantitative estimate of drug-likeness (QED) is 0.408. The molecule has 1 amide bonds. The van der Waals surface area contributed by atoms with Gasteiger partial charge in [0, 0.05) is 31.7 Å². The van der Waals surface area contributed by atoms with Gasteiger partial charge in [-0.15, -0.1) is 0 Å². The van der Waals surface area contributed by atoms with E-state index in [-0.39, 0.29) is 16.8 Å². The summed E-state index contributed by atoms with van der Waals surface area (Å²) in [5.41, 5.74) is 3.61. The van der Waals surface area contributed by atoms with Gasteiger partial charge < -0.3 is 4.90 Å². The molecule has 0 atom stereocenters. The van der Waals surface area contributed by atoms with Gasteiger partial charge in [0.1, 0.15) is 0 Å². The topological polar surface area (TPSA) is 73.8 Å². The highest BCUT2D eigenvalue weighted by molar-refractivity contribution is 7.89. The fourth-order valence-electron chi connectivity index (χ4n) is 4.79. The maximum absolute atomic E-state index is 13.6. The van der Waals surface area contributed by atoms with E-state index in [0.717, 1.165) is 47.0 Å².